The number of nitrogens with one attached hydrogen (secondary N) is 1. The summed E-state index contributed by atoms with van der Waals surface area (Å²) >= 11 is 0. The van der Waals surface area contributed by atoms with Crippen molar-refractivity contribution in [2.24, 2.45) is 0 Å². The lowest BCUT2D eigenvalue weighted by molar-refractivity contribution is 0.180. The number of aryl methyl sites for hydroxylation is 1. The number of H-pyrrole nitrogens is 1. The molecule has 2 aromatic rings. The van der Waals surface area contributed by atoms with E-state index in [2.05, 4.69) is 4.98 Å². The summed E-state index contributed by atoms with van der Waals surface area (Å²) in [6, 6.07) is 7.61. The molecular weight excluding hydrogens is 338 g/mol. The van der Waals surface area contributed by atoms with Gasteiger partial charge in [-0.2, -0.15) is 0 Å². The summed E-state index contributed by atoms with van der Waals surface area (Å²) in [6.45, 7) is 1.86. The highest BCUT2D eigenvalue weighted by molar-refractivity contribution is 5.80. The van der Waals surface area contributed by atoms with Gasteiger partial charge in [-0.05, 0) is 38.3 Å². The molecule has 1 aromatic carbocycles. The Balaban J connectivity index is 1.67. The maximum Gasteiger partial charge on any atom is 0.231 e. The van der Waals surface area contributed by atoms with Crippen molar-refractivity contribution in [3.05, 3.63) is 40.2 Å². The topological polar surface area (TPSA) is 62.3 Å². The number of benzene rings is 1. The molecule has 0 aliphatic carbocycles. The van der Waals surface area contributed by atoms with Gasteiger partial charge in [0.1, 0.15) is 0 Å². The Labute approximate surface area is 163 Å². The van der Waals surface area contributed by atoms with Gasteiger partial charge in [-0.15, -0.1) is 0 Å². The van der Waals surface area contributed by atoms with Crippen molar-refractivity contribution in [1.82, 2.24) is 4.98 Å². The van der Waals surface area contributed by atoms with Crippen molar-refractivity contribution in [2.45, 2.75) is 83.7 Å². The molecule has 0 radical (unpaired) electrons. The molecular formula is C23H35NO3. The van der Waals surface area contributed by atoms with Crippen LogP contribution in [0.2, 0.25) is 0 Å². The van der Waals surface area contributed by atoms with Crippen molar-refractivity contribution in [2.75, 3.05) is 7.11 Å². The normalized spacial score (nSPS) is 12.4. The Morgan fingerprint density at radius 2 is 1.56 bits per heavy atom. The van der Waals surface area contributed by atoms with Gasteiger partial charge < -0.3 is 14.8 Å². The second kappa shape index (κ2) is 11.8. The van der Waals surface area contributed by atoms with E-state index in [4.69, 9.17) is 4.74 Å². The van der Waals surface area contributed by atoms with Gasteiger partial charge in [0, 0.05) is 10.9 Å². The highest BCUT2D eigenvalue weighted by Crippen LogP contribution is 2.19. The predicted octanol–water partition coefficient (Wildman–Crippen LogP) is 5.36. The number of para-hydroxylation sites is 1. The van der Waals surface area contributed by atoms with E-state index >= 15 is 0 Å². The summed E-state index contributed by atoms with van der Waals surface area (Å²) in [4.78, 5) is 15.9. The number of ether oxygens (including phenoxy) is 1. The van der Waals surface area contributed by atoms with Crippen LogP contribution in [-0.4, -0.2) is 23.3 Å². The van der Waals surface area contributed by atoms with E-state index in [-0.39, 0.29) is 11.5 Å². The molecule has 4 nitrogen and oxygen atoms in total. The van der Waals surface area contributed by atoms with Crippen molar-refractivity contribution < 1.29 is 9.84 Å². The molecule has 1 heterocycles. The SMILES string of the molecule is COc1c(CCCCCCCCCCC[C@H](C)O)[nH]c2ccccc2c1=O. The van der Waals surface area contributed by atoms with Gasteiger partial charge in [0.25, 0.3) is 0 Å². The largest absolute Gasteiger partial charge is 0.491 e. The molecule has 2 N–H and O–H groups in total. The number of unbranched alkanes of at least 4 members (excludes halogenated alkanes) is 8. The van der Waals surface area contributed by atoms with Gasteiger partial charge in [-0.25, -0.2) is 0 Å². The highest BCUT2D eigenvalue weighted by Gasteiger charge is 2.11. The Hall–Kier alpha value is -1.81. The molecule has 0 saturated carbocycles. The molecule has 0 aliphatic heterocycles. The van der Waals surface area contributed by atoms with E-state index in [1.165, 1.54) is 44.9 Å². The molecule has 0 fully saturated rings. The number of aliphatic hydroxyl groups is 1. The molecule has 0 spiro atoms. The number of hydrogen-bond acceptors (Lipinski definition) is 3. The molecule has 2 rings (SSSR count). The highest BCUT2D eigenvalue weighted by atomic mass is 16.5. The monoisotopic (exact) mass is 373 g/mol. The summed E-state index contributed by atoms with van der Waals surface area (Å²) in [5, 5.41) is 9.92. The molecule has 0 amide bonds. The number of aliphatic hydroxyl groups excluding tert-OH is 1. The van der Waals surface area contributed by atoms with Crippen LogP contribution in [0.3, 0.4) is 0 Å². The zero-order valence-electron chi connectivity index (χ0n) is 16.9. The van der Waals surface area contributed by atoms with Crippen LogP contribution >= 0.6 is 0 Å². The Bertz CT molecular complexity index is 736. The molecule has 27 heavy (non-hydrogen) atoms. The molecule has 150 valence electrons. The third-order valence-electron chi connectivity index (χ3n) is 5.19. The number of pyridine rings is 1. The first kappa shape index (κ1) is 21.5. The average Bonchev–Trinajstić information content (AvgIpc) is 2.66. The molecule has 1 atom stereocenters. The van der Waals surface area contributed by atoms with E-state index in [0.29, 0.717) is 11.1 Å². The maximum absolute atomic E-state index is 12.5. The minimum Gasteiger partial charge on any atom is -0.491 e. The fraction of sp³-hybridized carbons (Fsp3) is 0.609. The van der Waals surface area contributed by atoms with Crippen molar-refractivity contribution in [3.63, 3.8) is 0 Å². The average molecular weight is 374 g/mol. The first-order valence-electron chi connectivity index (χ1n) is 10.5. The molecule has 0 bridgehead atoms. The second-order valence-electron chi connectivity index (χ2n) is 7.58. The van der Waals surface area contributed by atoms with Gasteiger partial charge in [0.05, 0.1) is 18.9 Å². The lowest BCUT2D eigenvalue weighted by atomic mass is 10.0. The van der Waals surface area contributed by atoms with Gasteiger partial charge in [-0.1, -0.05) is 63.5 Å². The van der Waals surface area contributed by atoms with Crippen molar-refractivity contribution >= 4 is 10.9 Å². The van der Waals surface area contributed by atoms with Crippen LogP contribution in [0.1, 0.15) is 76.8 Å². The standard InChI is InChI=1S/C23H35NO3/c1-18(25)14-10-8-6-4-3-5-7-9-11-17-21-23(27-2)22(26)19-15-12-13-16-20(19)24-21/h12-13,15-16,18,25H,3-11,14,17H2,1-2H3,(H,24,26)/t18-/m0/s1. The quantitative estimate of drug-likeness (QED) is 0.465. The minimum atomic E-state index is -0.152. The lowest BCUT2D eigenvalue weighted by Crippen LogP contribution is -2.11. The Kier molecular flexibility index (Phi) is 9.40. The second-order valence-corrected chi connectivity index (χ2v) is 7.58. The zero-order chi connectivity index (χ0) is 19.5. The van der Waals surface area contributed by atoms with E-state index in [1.807, 2.05) is 31.2 Å². The van der Waals surface area contributed by atoms with Crippen LogP contribution < -0.4 is 10.2 Å². The van der Waals surface area contributed by atoms with Crippen LogP contribution in [0.25, 0.3) is 10.9 Å². The Morgan fingerprint density at radius 3 is 2.19 bits per heavy atom. The summed E-state index contributed by atoms with van der Waals surface area (Å²) in [6.07, 6.45) is 12.7. The minimum absolute atomic E-state index is 0.0163. The maximum atomic E-state index is 12.5. The number of methoxy groups -OCH3 is 1. The molecule has 0 unspecified atom stereocenters. The predicted molar refractivity (Wildman–Crippen MR) is 113 cm³/mol. The first-order chi connectivity index (χ1) is 13.1. The van der Waals surface area contributed by atoms with Gasteiger partial charge in [-0.3, -0.25) is 4.79 Å². The van der Waals surface area contributed by atoms with Crippen LogP contribution in [0.5, 0.6) is 5.75 Å². The summed E-state index contributed by atoms with van der Waals surface area (Å²) in [7, 11) is 1.57. The van der Waals surface area contributed by atoms with Crippen LogP contribution in [-0.2, 0) is 6.42 Å². The smallest absolute Gasteiger partial charge is 0.231 e. The van der Waals surface area contributed by atoms with Crippen molar-refractivity contribution in [1.29, 1.82) is 0 Å². The third kappa shape index (κ3) is 7.02. The molecule has 0 aliphatic rings. The van der Waals surface area contributed by atoms with E-state index in [0.717, 1.165) is 36.9 Å². The fourth-order valence-corrected chi connectivity index (χ4v) is 3.64. The van der Waals surface area contributed by atoms with Gasteiger partial charge >= 0.3 is 0 Å². The summed E-state index contributed by atoms with van der Waals surface area (Å²) in [5.74, 6) is 0.464. The number of aromatic nitrogens is 1. The number of aromatic amines is 1. The van der Waals surface area contributed by atoms with E-state index < -0.39 is 0 Å². The van der Waals surface area contributed by atoms with Gasteiger partial charge in [0.2, 0.25) is 5.43 Å². The van der Waals surface area contributed by atoms with Crippen LogP contribution in [0, 0.1) is 0 Å². The van der Waals surface area contributed by atoms with E-state index in [9.17, 15) is 9.90 Å². The number of hydrogen-bond donors (Lipinski definition) is 2. The first-order valence-corrected chi connectivity index (χ1v) is 10.5. The number of rotatable bonds is 13. The lowest BCUT2D eigenvalue weighted by Gasteiger charge is -2.10. The number of fused-ring (bicyclic) bond motifs is 1. The summed E-state index contributed by atoms with van der Waals surface area (Å²) < 4.78 is 5.38. The van der Waals surface area contributed by atoms with Crippen molar-refractivity contribution in [3.8, 4) is 5.75 Å². The molecule has 1 aromatic heterocycles. The fourth-order valence-electron chi connectivity index (χ4n) is 3.64. The zero-order valence-corrected chi connectivity index (χ0v) is 16.9. The molecule has 4 heteroatoms. The van der Waals surface area contributed by atoms with E-state index in [1.54, 1.807) is 7.11 Å². The van der Waals surface area contributed by atoms with Crippen LogP contribution in [0.4, 0.5) is 0 Å². The third-order valence-corrected chi connectivity index (χ3v) is 5.19. The van der Waals surface area contributed by atoms with Crippen LogP contribution in [0.15, 0.2) is 29.1 Å². The summed E-state index contributed by atoms with van der Waals surface area (Å²) in [5.41, 5.74) is 1.78. The van der Waals surface area contributed by atoms with Gasteiger partial charge in [0.15, 0.2) is 5.75 Å². The molecule has 0 saturated heterocycles. The Morgan fingerprint density at radius 1 is 0.963 bits per heavy atom.